The molecule has 1 saturated carbocycles. The number of H-pyrrole nitrogens is 1. The number of carbonyl (C=O) groups excluding carboxylic acids is 1. The fourth-order valence-corrected chi connectivity index (χ4v) is 2.39. The second kappa shape index (κ2) is 4.87. The van der Waals surface area contributed by atoms with E-state index in [0.717, 1.165) is 31.6 Å². The van der Waals surface area contributed by atoms with Crippen LogP contribution in [0.15, 0.2) is 12.3 Å². The molecule has 0 saturated heterocycles. The van der Waals surface area contributed by atoms with E-state index in [9.17, 15) is 4.79 Å². The Balaban J connectivity index is 2.02. The van der Waals surface area contributed by atoms with E-state index in [1.54, 1.807) is 12.3 Å². The number of nitrogens with one attached hydrogen (secondary N) is 2. The first-order chi connectivity index (χ1) is 8.15. The molecule has 4 N–H and O–H groups in total. The predicted molar refractivity (Wildman–Crippen MR) is 65.5 cm³/mol. The maximum Gasteiger partial charge on any atom is 0.269 e. The third-order valence-electron chi connectivity index (χ3n) is 3.75. The summed E-state index contributed by atoms with van der Waals surface area (Å²) >= 11 is 0. The highest BCUT2D eigenvalue weighted by Crippen LogP contribution is 2.31. The molecule has 1 aliphatic rings. The molecule has 0 radical (unpaired) electrons. The highest BCUT2D eigenvalue weighted by atomic mass is 16.2. The molecule has 5 nitrogen and oxygen atoms in total. The number of nitrogens with zero attached hydrogens (tertiary/aromatic N) is 1. The fraction of sp³-hybridized carbons (Fsp3) is 0.667. The molecule has 1 aromatic rings. The third kappa shape index (κ3) is 2.66. The van der Waals surface area contributed by atoms with Crippen LogP contribution < -0.4 is 11.1 Å². The summed E-state index contributed by atoms with van der Waals surface area (Å²) in [6.45, 7) is 2.75. The number of aromatic nitrogens is 2. The Labute approximate surface area is 101 Å². The lowest BCUT2D eigenvalue weighted by Crippen LogP contribution is -2.55. The van der Waals surface area contributed by atoms with Gasteiger partial charge in [0.1, 0.15) is 5.69 Å². The minimum Gasteiger partial charge on any atom is -0.344 e. The van der Waals surface area contributed by atoms with Gasteiger partial charge in [-0.15, -0.1) is 0 Å². The van der Waals surface area contributed by atoms with E-state index in [0.29, 0.717) is 12.2 Å². The SMILES string of the molecule is CC1CCC(CN)(NC(=O)c2ccn[nH]2)CC1. The van der Waals surface area contributed by atoms with Gasteiger partial charge in [0.2, 0.25) is 0 Å². The second-order valence-corrected chi connectivity index (χ2v) is 5.09. The van der Waals surface area contributed by atoms with Crippen molar-refractivity contribution in [3.8, 4) is 0 Å². The highest BCUT2D eigenvalue weighted by Gasteiger charge is 2.34. The van der Waals surface area contributed by atoms with E-state index in [2.05, 4.69) is 22.4 Å². The van der Waals surface area contributed by atoms with E-state index < -0.39 is 0 Å². The van der Waals surface area contributed by atoms with Crippen LogP contribution in [0.3, 0.4) is 0 Å². The Hall–Kier alpha value is -1.36. The van der Waals surface area contributed by atoms with Crippen LogP contribution >= 0.6 is 0 Å². The van der Waals surface area contributed by atoms with Gasteiger partial charge in [0.25, 0.3) is 5.91 Å². The molecule has 0 bridgehead atoms. The number of hydrogen-bond acceptors (Lipinski definition) is 3. The van der Waals surface area contributed by atoms with Crippen LogP contribution in [0.1, 0.15) is 43.1 Å². The summed E-state index contributed by atoms with van der Waals surface area (Å²) in [5.41, 5.74) is 6.11. The summed E-state index contributed by atoms with van der Waals surface area (Å²) < 4.78 is 0. The van der Waals surface area contributed by atoms with Crippen molar-refractivity contribution >= 4 is 5.91 Å². The first-order valence-corrected chi connectivity index (χ1v) is 6.17. The predicted octanol–water partition coefficient (Wildman–Crippen LogP) is 1.05. The molecule has 0 unspecified atom stereocenters. The number of amides is 1. The second-order valence-electron chi connectivity index (χ2n) is 5.09. The number of rotatable bonds is 3. The minimum absolute atomic E-state index is 0.109. The number of nitrogens with two attached hydrogens (primary N) is 1. The van der Waals surface area contributed by atoms with Gasteiger partial charge in [-0.1, -0.05) is 6.92 Å². The molecule has 1 amide bonds. The summed E-state index contributed by atoms with van der Waals surface area (Å²) in [7, 11) is 0. The maximum absolute atomic E-state index is 12.0. The van der Waals surface area contributed by atoms with E-state index in [1.165, 1.54) is 0 Å². The van der Waals surface area contributed by atoms with Crippen LogP contribution in [0, 0.1) is 5.92 Å². The van der Waals surface area contributed by atoms with Crippen LogP contribution in [-0.2, 0) is 0 Å². The quantitative estimate of drug-likeness (QED) is 0.733. The van der Waals surface area contributed by atoms with Crippen LogP contribution in [0.5, 0.6) is 0 Å². The fourth-order valence-electron chi connectivity index (χ4n) is 2.39. The molecule has 17 heavy (non-hydrogen) atoms. The first-order valence-electron chi connectivity index (χ1n) is 6.17. The van der Waals surface area contributed by atoms with Gasteiger partial charge >= 0.3 is 0 Å². The standard InChI is InChI=1S/C12H20N4O/c1-9-2-5-12(8-13,6-3-9)15-11(17)10-4-7-14-16-10/h4,7,9H,2-3,5-6,8,13H2,1H3,(H,14,16)(H,15,17). The molecule has 0 aromatic carbocycles. The molecule has 0 spiro atoms. The molecular formula is C12H20N4O. The molecule has 0 aliphatic heterocycles. The van der Waals surface area contributed by atoms with Crippen molar-refractivity contribution in [1.82, 2.24) is 15.5 Å². The van der Waals surface area contributed by atoms with Crippen molar-refractivity contribution in [2.45, 2.75) is 38.1 Å². The van der Waals surface area contributed by atoms with Gasteiger partial charge in [-0.2, -0.15) is 5.10 Å². The zero-order valence-electron chi connectivity index (χ0n) is 10.2. The van der Waals surface area contributed by atoms with Gasteiger partial charge in [-0.25, -0.2) is 0 Å². The average molecular weight is 236 g/mol. The lowest BCUT2D eigenvalue weighted by atomic mass is 9.77. The van der Waals surface area contributed by atoms with Crippen LogP contribution in [0.25, 0.3) is 0 Å². The smallest absolute Gasteiger partial charge is 0.269 e. The molecule has 1 aromatic heterocycles. The maximum atomic E-state index is 12.0. The van der Waals surface area contributed by atoms with Crippen molar-refractivity contribution in [2.24, 2.45) is 11.7 Å². The Morgan fingerprint density at radius 1 is 1.65 bits per heavy atom. The van der Waals surface area contributed by atoms with Crippen molar-refractivity contribution < 1.29 is 4.79 Å². The normalized spacial score (nSPS) is 28.9. The summed E-state index contributed by atoms with van der Waals surface area (Å²) in [6.07, 6.45) is 5.75. The van der Waals surface area contributed by atoms with E-state index in [1.807, 2.05) is 0 Å². The van der Waals surface area contributed by atoms with Gasteiger partial charge < -0.3 is 11.1 Å². The molecule has 1 aliphatic carbocycles. The van der Waals surface area contributed by atoms with Crippen LogP contribution in [-0.4, -0.2) is 28.2 Å². The third-order valence-corrected chi connectivity index (χ3v) is 3.75. The highest BCUT2D eigenvalue weighted by molar-refractivity contribution is 5.92. The summed E-state index contributed by atoms with van der Waals surface area (Å²) in [5, 5.41) is 9.52. The van der Waals surface area contributed by atoms with Crippen LogP contribution in [0.2, 0.25) is 0 Å². The summed E-state index contributed by atoms with van der Waals surface area (Å²) in [5.74, 6) is 0.626. The Kier molecular flexibility index (Phi) is 3.47. The number of aromatic amines is 1. The molecule has 5 heteroatoms. The zero-order valence-corrected chi connectivity index (χ0v) is 10.2. The van der Waals surface area contributed by atoms with Crippen molar-refractivity contribution in [3.63, 3.8) is 0 Å². The Morgan fingerprint density at radius 3 is 2.88 bits per heavy atom. The molecule has 94 valence electrons. The van der Waals surface area contributed by atoms with Crippen molar-refractivity contribution in [1.29, 1.82) is 0 Å². The van der Waals surface area contributed by atoms with Crippen molar-refractivity contribution in [2.75, 3.05) is 6.54 Å². The largest absolute Gasteiger partial charge is 0.344 e. The lowest BCUT2D eigenvalue weighted by molar-refractivity contribution is 0.0855. The average Bonchev–Trinajstić information content (AvgIpc) is 2.86. The number of carbonyl (C=O) groups is 1. The molecule has 2 rings (SSSR count). The molecular weight excluding hydrogens is 216 g/mol. The minimum atomic E-state index is -0.227. The van der Waals surface area contributed by atoms with E-state index in [4.69, 9.17) is 5.73 Å². The van der Waals surface area contributed by atoms with Crippen LogP contribution in [0.4, 0.5) is 0 Å². The van der Waals surface area contributed by atoms with Gasteiger partial charge in [0.15, 0.2) is 0 Å². The Bertz CT molecular complexity index is 366. The number of hydrogen-bond donors (Lipinski definition) is 3. The summed E-state index contributed by atoms with van der Waals surface area (Å²) in [4.78, 5) is 12.0. The van der Waals surface area contributed by atoms with E-state index >= 15 is 0 Å². The van der Waals surface area contributed by atoms with Gasteiger partial charge in [-0.05, 0) is 37.7 Å². The monoisotopic (exact) mass is 236 g/mol. The molecule has 1 heterocycles. The lowest BCUT2D eigenvalue weighted by Gasteiger charge is -2.39. The summed E-state index contributed by atoms with van der Waals surface area (Å²) in [6, 6.07) is 1.67. The zero-order chi connectivity index (χ0) is 12.3. The van der Waals surface area contributed by atoms with Gasteiger partial charge in [0.05, 0.1) is 5.54 Å². The van der Waals surface area contributed by atoms with E-state index in [-0.39, 0.29) is 11.4 Å². The van der Waals surface area contributed by atoms with Crippen molar-refractivity contribution in [3.05, 3.63) is 18.0 Å². The Morgan fingerprint density at radius 2 is 2.35 bits per heavy atom. The molecule has 1 fully saturated rings. The molecule has 0 atom stereocenters. The topological polar surface area (TPSA) is 83.8 Å². The first kappa shape index (κ1) is 12.1. The van der Waals surface area contributed by atoms with Gasteiger partial charge in [-0.3, -0.25) is 9.89 Å². The van der Waals surface area contributed by atoms with Gasteiger partial charge in [0, 0.05) is 12.7 Å².